The van der Waals surface area contributed by atoms with Gasteiger partial charge in [-0.05, 0) is 35.0 Å². The number of fused-ring (bicyclic) bond motifs is 1. The predicted octanol–water partition coefficient (Wildman–Crippen LogP) is 3.14. The van der Waals surface area contributed by atoms with Gasteiger partial charge < -0.3 is 9.09 Å². The lowest BCUT2D eigenvalue weighted by Gasteiger charge is -2.02. The van der Waals surface area contributed by atoms with E-state index in [0.717, 1.165) is 27.0 Å². The van der Waals surface area contributed by atoms with Gasteiger partial charge in [0.25, 0.3) is 0 Å². The van der Waals surface area contributed by atoms with Gasteiger partial charge in [-0.3, -0.25) is 0 Å². The van der Waals surface area contributed by atoms with Crippen molar-refractivity contribution >= 4 is 26.8 Å². The molecule has 0 radical (unpaired) electrons. The van der Waals surface area contributed by atoms with Crippen LogP contribution in [-0.4, -0.2) is 14.7 Å². The first-order valence-electron chi connectivity index (χ1n) is 5.25. The molecule has 4 nitrogen and oxygen atoms in total. The van der Waals surface area contributed by atoms with Gasteiger partial charge in [0.1, 0.15) is 16.1 Å². The number of hydrogen-bond donors (Lipinski definition) is 0. The summed E-state index contributed by atoms with van der Waals surface area (Å²) in [6.07, 6.45) is 3.82. The first-order chi connectivity index (χ1) is 8.24. The quantitative estimate of drug-likeness (QED) is 0.681. The maximum Gasteiger partial charge on any atom is 0.133 e. The van der Waals surface area contributed by atoms with Gasteiger partial charge in [-0.25, -0.2) is 4.98 Å². The van der Waals surface area contributed by atoms with Crippen molar-refractivity contribution in [3.63, 3.8) is 0 Å². The summed E-state index contributed by atoms with van der Waals surface area (Å²) in [5.74, 6) is 0.833. The van der Waals surface area contributed by atoms with Gasteiger partial charge in [0.15, 0.2) is 0 Å². The van der Waals surface area contributed by atoms with Crippen LogP contribution in [0.15, 0.2) is 39.7 Å². The van der Waals surface area contributed by atoms with Gasteiger partial charge in [-0.2, -0.15) is 0 Å². The summed E-state index contributed by atoms with van der Waals surface area (Å²) >= 11 is 3.44. The van der Waals surface area contributed by atoms with E-state index in [1.165, 1.54) is 0 Å². The lowest BCUT2D eigenvalue weighted by Crippen LogP contribution is -1.97. The first-order valence-corrected chi connectivity index (χ1v) is 6.05. The van der Waals surface area contributed by atoms with E-state index >= 15 is 0 Å². The van der Waals surface area contributed by atoms with Gasteiger partial charge in [0.05, 0.1) is 12.1 Å². The number of pyridine rings is 1. The lowest BCUT2D eigenvalue weighted by atomic mass is 10.3. The van der Waals surface area contributed by atoms with Gasteiger partial charge in [0, 0.05) is 23.8 Å². The summed E-state index contributed by atoms with van der Waals surface area (Å²) < 4.78 is 8.05. The Morgan fingerprint density at radius 1 is 1.41 bits per heavy atom. The molecule has 3 aromatic rings. The zero-order chi connectivity index (χ0) is 11.8. The average molecular weight is 292 g/mol. The molecule has 0 amide bonds. The molecule has 0 fully saturated rings. The van der Waals surface area contributed by atoms with Gasteiger partial charge in [-0.1, -0.05) is 5.16 Å². The fourth-order valence-electron chi connectivity index (χ4n) is 1.89. The Morgan fingerprint density at radius 2 is 2.29 bits per heavy atom. The molecule has 86 valence electrons. The molecule has 0 bridgehead atoms. The van der Waals surface area contributed by atoms with E-state index in [9.17, 15) is 0 Å². The van der Waals surface area contributed by atoms with Crippen molar-refractivity contribution in [3.05, 3.63) is 46.7 Å². The van der Waals surface area contributed by atoms with Crippen LogP contribution in [0.1, 0.15) is 11.5 Å². The second-order valence-electron chi connectivity index (χ2n) is 3.91. The molecule has 0 atom stereocenters. The maximum atomic E-state index is 5.06. The number of aryl methyl sites for hydroxylation is 1. The van der Waals surface area contributed by atoms with Crippen LogP contribution in [0.4, 0.5) is 0 Å². The van der Waals surface area contributed by atoms with Crippen LogP contribution in [0.25, 0.3) is 10.9 Å². The molecule has 0 N–H and O–H groups in total. The van der Waals surface area contributed by atoms with E-state index in [-0.39, 0.29) is 0 Å². The SMILES string of the molecule is Cc1cc(Cn2ccc3c(Br)nccc32)no1. The van der Waals surface area contributed by atoms with Crippen molar-refractivity contribution in [2.45, 2.75) is 13.5 Å². The van der Waals surface area contributed by atoms with Crippen LogP contribution in [0.2, 0.25) is 0 Å². The summed E-state index contributed by atoms with van der Waals surface area (Å²) in [5, 5.41) is 5.10. The fourth-order valence-corrected chi connectivity index (χ4v) is 2.35. The summed E-state index contributed by atoms with van der Waals surface area (Å²) in [6, 6.07) is 5.98. The molecule has 0 unspecified atom stereocenters. The molecule has 3 rings (SSSR count). The Balaban J connectivity index is 2.04. The second kappa shape index (κ2) is 4.00. The zero-order valence-electron chi connectivity index (χ0n) is 9.22. The van der Waals surface area contributed by atoms with Crippen molar-refractivity contribution in [1.82, 2.24) is 14.7 Å². The minimum absolute atomic E-state index is 0.706. The molecular weight excluding hydrogens is 282 g/mol. The Kier molecular flexibility index (Phi) is 2.48. The van der Waals surface area contributed by atoms with Crippen molar-refractivity contribution < 1.29 is 4.52 Å². The Hall–Kier alpha value is -1.62. The van der Waals surface area contributed by atoms with Gasteiger partial charge in [0.2, 0.25) is 0 Å². The van der Waals surface area contributed by atoms with Gasteiger partial charge >= 0.3 is 0 Å². The largest absolute Gasteiger partial charge is 0.361 e. The number of rotatable bonds is 2. The molecule has 0 aliphatic rings. The highest BCUT2D eigenvalue weighted by molar-refractivity contribution is 9.10. The van der Waals surface area contributed by atoms with Crippen molar-refractivity contribution in [2.24, 2.45) is 0 Å². The standard InChI is InChI=1S/C12H10BrN3O/c1-8-6-9(15-17-8)7-16-5-3-10-11(16)2-4-14-12(10)13/h2-6H,7H2,1H3. The number of hydrogen-bond acceptors (Lipinski definition) is 3. The van der Waals surface area contributed by atoms with Gasteiger partial charge in [-0.15, -0.1) is 0 Å². The molecule has 3 aromatic heterocycles. The molecular formula is C12H10BrN3O. The van der Waals surface area contributed by atoms with Crippen LogP contribution in [-0.2, 0) is 6.54 Å². The molecule has 5 heteroatoms. The van der Waals surface area contributed by atoms with Crippen molar-refractivity contribution in [3.8, 4) is 0 Å². The van der Waals surface area contributed by atoms with Crippen molar-refractivity contribution in [1.29, 1.82) is 0 Å². The monoisotopic (exact) mass is 291 g/mol. The van der Waals surface area contributed by atoms with E-state index < -0.39 is 0 Å². The van der Waals surface area contributed by atoms with Crippen molar-refractivity contribution in [2.75, 3.05) is 0 Å². The molecule has 0 saturated heterocycles. The topological polar surface area (TPSA) is 43.9 Å². The highest BCUT2D eigenvalue weighted by atomic mass is 79.9. The predicted molar refractivity (Wildman–Crippen MR) is 67.8 cm³/mol. The highest BCUT2D eigenvalue weighted by Gasteiger charge is 2.07. The highest BCUT2D eigenvalue weighted by Crippen LogP contribution is 2.23. The van der Waals surface area contributed by atoms with Crippen LogP contribution in [0.5, 0.6) is 0 Å². The van der Waals surface area contributed by atoms with E-state index in [1.54, 1.807) is 6.20 Å². The Morgan fingerprint density at radius 3 is 3.06 bits per heavy atom. The number of aromatic nitrogens is 3. The lowest BCUT2D eigenvalue weighted by molar-refractivity contribution is 0.389. The Bertz CT molecular complexity index is 671. The number of halogens is 1. The minimum Gasteiger partial charge on any atom is -0.361 e. The molecule has 17 heavy (non-hydrogen) atoms. The maximum absolute atomic E-state index is 5.06. The third kappa shape index (κ3) is 1.86. The number of nitrogens with zero attached hydrogens (tertiary/aromatic N) is 3. The minimum atomic E-state index is 0.706. The average Bonchev–Trinajstić information content (AvgIpc) is 2.88. The molecule has 0 spiro atoms. The molecule has 0 aromatic carbocycles. The van der Waals surface area contributed by atoms with E-state index in [1.807, 2.05) is 31.3 Å². The fraction of sp³-hybridized carbons (Fsp3) is 0.167. The van der Waals surface area contributed by atoms with Crippen LogP contribution >= 0.6 is 15.9 Å². The summed E-state index contributed by atoms with van der Waals surface area (Å²) in [7, 11) is 0. The van der Waals surface area contributed by atoms with Crippen LogP contribution in [0, 0.1) is 6.92 Å². The summed E-state index contributed by atoms with van der Waals surface area (Å²) in [4.78, 5) is 4.20. The Labute approximate surface area is 106 Å². The van der Waals surface area contributed by atoms with E-state index in [0.29, 0.717) is 6.54 Å². The molecule has 0 saturated carbocycles. The zero-order valence-corrected chi connectivity index (χ0v) is 10.8. The summed E-state index contributed by atoms with van der Waals surface area (Å²) in [6.45, 7) is 2.60. The summed E-state index contributed by atoms with van der Waals surface area (Å²) in [5.41, 5.74) is 2.06. The van der Waals surface area contributed by atoms with E-state index in [2.05, 4.69) is 30.6 Å². The van der Waals surface area contributed by atoms with Crippen LogP contribution < -0.4 is 0 Å². The second-order valence-corrected chi connectivity index (χ2v) is 4.66. The smallest absolute Gasteiger partial charge is 0.133 e. The molecule has 0 aliphatic carbocycles. The third-order valence-corrected chi connectivity index (χ3v) is 3.29. The molecule has 3 heterocycles. The van der Waals surface area contributed by atoms with E-state index in [4.69, 9.17) is 4.52 Å². The molecule has 0 aliphatic heterocycles. The normalized spacial score (nSPS) is 11.2. The third-order valence-electron chi connectivity index (χ3n) is 2.66. The van der Waals surface area contributed by atoms with Crippen LogP contribution in [0.3, 0.4) is 0 Å². The first kappa shape index (κ1) is 10.5.